The molecule has 0 unspecified atom stereocenters. The Morgan fingerprint density at radius 2 is 1.07 bits per heavy atom. The third kappa shape index (κ3) is 13.5. The summed E-state index contributed by atoms with van der Waals surface area (Å²) in [5.41, 5.74) is 11.0. The average molecular weight is 1260 g/mol. The SMILES string of the molecule is CC(=O)[O-].CC1=C2C[C@H]3[C@@H](CC[C@@H]4CC(=NO)C=C[C@@]43C)[C@@H]2CC[C@@]2(C1)O[C@@H]1C[C@H](C)CN(C(=O)OCc3ccccc3)[C@H]1[C@H]2C.CC1=C2C[C@H]3[C@@H](CC[C@@H]4CC(=O)C=C[C@@]43C)[C@@H]2CC[C@@]2(C1)O[C@@H]1C[C@H](C)CN(C(=O)OCc3ccccc3)[C@H]1[C@H]2C.CNO.[Na+]. The van der Waals surface area contributed by atoms with E-state index in [2.05, 4.69) is 78.8 Å². The first-order valence-electron chi connectivity index (χ1n) is 34.3. The van der Waals surface area contributed by atoms with Gasteiger partial charge in [-0.1, -0.05) is 142 Å². The fourth-order valence-electron chi connectivity index (χ4n) is 21.0. The zero-order valence-electron chi connectivity index (χ0n) is 56.4. The van der Waals surface area contributed by atoms with Crippen LogP contribution in [-0.4, -0.2) is 105 Å². The number of rotatable bonds is 4. The fourth-order valence-corrected chi connectivity index (χ4v) is 21.0. The van der Waals surface area contributed by atoms with Crippen LogP contribution in [0.1, 0.15) is 176 Å². The third-order valence-electron chi connectivity index (χ3n) is 25.3. The Bertz CT molecular complexity index is 3110. The summed E-state index contributed by atoms with van der Waals surface area (Å²) in [6.45, 7) is 21.9. The molecule has 8 aliphatic carbocycles. The van der Waals surface area contributed by atoms with Crippen LogP contribution in [0.5, 0.6) is 0 Å². The van der Waals surface area contributed by atoms with E-state index >= 15 is 0 Å². The van der Waals surface area contributed by atoms with E-state index in [0.717, 1.165) is 88.2 Å². The number of likely N-dealkylation sites (tertiary alicyclic amines) is 2. The van der Waals surface area contributed by atoms with Gasteiger partial charge in [0, 0.05) is 44.4 Å². The first-order valence-corrected chi connectivity index (χ1v) is 34.3. The second-order valence-electron chi connectivity index (χ2n) is 30.4. The van der Waals surface area contributed by atoms with Gasteiger partial charge in [0.1, 0.15) is 13.2 Å². The minimum absolute atomic E-state index is 0. The molecule has 4 saturated carbocycles. The summed E-state index contributed by atoms with van der Waals surface area (Å²) in [5.74, 6) is 5.61. The summed E-state index contributed by atoms with van der Waals surface area (Å²) < 4.78 is 26.1. The van der Waals surface area contributed by atoms with E-state index < -0.39 is 5.97 Å². The molecule has 15 nitrogen and oxygen atoms in total. The van der Waals surface area contributed by atoms with Crippen molar-refractivity contribution in [3.05, 3.63) is 118 Å². The number of nitrogens with one attached hydrogen (secondary N) is 1. The number of piperidine rings is 2. The quantitative estimate of drug-likeness (QED) is 0.113. The largest absolute Gasteiger partial charge is 1.00 e. The first kappa shape index (κ1) is 69.2. The summed E-state index contributed by atoms with van der Waals surface area (Å²) >= 11 is 0. The van der Waals surface area contributed by atoms with E-state index in [0.29, 0.717) is 78.2 Å². The molecule has 12 aliphatic rings. The van der Waals surface area contributed by atoms with Crippen LogP contribution in [0, 0.1) is 81.8 Å². The molecule has 91 heavy (non-hydrogen) atoms. The Kier molecular flexibility index (Phi) is 21.6. The van der Waals surface area contributed by atoms with E-state index in [-0.39, 0.29) is 99.9 Å². The Morgan fingerprint density at radius 1 is 0.659 bits per heavy atom. The van der Waals surface area contributed by atoms with Gasteiger partial charge in [-0.05, 0) is 210 Å². The summed E-state index contributed by atoms with van der Waals surface area (Å²) in [4.78, 5) is 52.2. The zero-order valence-corrected chi connectivity index (χ0v) is 58.4. The van der Waals surface area contributed by atoms with E-state index in [1.807, 2.05) is 76.5 Å². The van der Waals surface area contributed by atoms with Gasteiger partial charge in [0.2, 0.25) is 0 Å². The Morgan fingerprint density at radius 3 is 1.48 bits per heavy atom. The average Bonchev–Trinajstić information content (AvgIpc) is 1.61. The van der Waals surface area contributed by atoms with Crippen molar-refractivity contribution >= 4 is 29.7 Å². The number of hydrogen-bond acceptors (Lipinski definition) is 13. The van der Waals surface area contributed by atoms with Crippen LogP contribution in [-0.2, 0) is 41.8 Å². The van der Waals surface area contributed by atoms with Gasteiger partial charge in [-0.25, -0.2) is 15.1 Å². The molecule has 2 spiro atoms. The number of ketones is 1. The maximum atomic E-state index is 13.5. The molecule has 4 aliphatic heterocycles. The molecule has 4 heterocycles. The van der Waals surface area contributed by atoms with Crippen molar-refractivity contribution in [2.45, 2.75) is 214 Å². The van der Waals surface area contributed by atoms with Crippen molar-refractivity contribution in [3.63, 3.8) is 0 Å². The van der Waals surface area contributed by atoms with E-state index in [1.165, 1.54) is 64.0 Å². The minimum atomic E-state index is -1.08. The van der Waals surface area contributed by atoms with E-state index in [1.54, 1.807) is 22.2 Å². The van der Waals surface area contributed by atoms with Crippen molar-refractivity contribution in [3.8, 4) is 0 Å². The number of aliphatic carboxylic acids is 1. The smallest absolute Gasteiger partial charge is 0.550 e. The minimum Gasteiger partial charge on any atom is -0.550 e. The molecule has 2 amide bonds. The number of nitrogens with zero attached hydrogens (tertiary/aromatic N) is 3. The second-order valence-corrected chi connectivity index (χ2v) is 30.4. The van der Waals surface area contributed by atoms with Gasteiger partial charge >= 0.3 is 41.7 Å². The standard InChI is InChI=1S/C36H48N2O4.C36H47NO4.C2H4O2.CH5NO.Na/c1-22-16-32-33(38(20-22)34(39)41-21-25-8-6-5-7-9-25)24(3)36(42-32)15-13-28-29-11-10-26-17-27(37-40)12-14-35(26,4)31(29)18-30(28)23(2)19-36;1-22-16-32-33(37(20-22)34(39)40-21-25-8-6-5-7-9-25)24(3)36(41-32)15-13-28-29-11-10-26-17-27(38)12-14-35(26,4)31(29)18-30(28)23(2)19-36;1-2(3)4;1-2-3;/h5-9,12,14,22,24,26,28-29,31-33,40H,10-11,13,15-21H2,1-4H3;5-9,12,14,22,24,26,28-29,31-33H,10-11,13,15-21H2,1-4H3;1H3,(H,3,4);2-3H,1H3;/q;;;;+1/p-1/t2*22-,24+,26+,28-,29-,31-,32+,33-,35-,36-;;;/m00.../s1. The molecule has 8 fully saturated rings. The van der Waals surface area contributed by atoms with E-state index in [9.17, 15) is 19.6 Å². The number of carbonyl (C=O) groups is 4. The normalized spacial score (nSPS) is 40.1. The van der Waals surface area contributed by atoms with Crippen molar-refractivity contribution in [1.29, 1.82) is 0 Å². The number of hydrogen-bond donors (Lipinski definition) is 3. The molecule has 16 heteroatoms. The predicted octanol–water partition coefficient (Wildman–Crippen LogP) is 10.6. The molecule has 0 bridgehead atoms. The summed E-state index contributed by atoms with van der Waals surface area (Å²) in [5, 5.41) is 29.2. The topological polar surface area (TPSA) is 200 Å². The molecule has 14 rings (SSSR count). The number of oxime groups is 1. The van der Waals surface area contributed by atoms with Gasteiger partial charge in [-0.2, -0.15) is 0 Å². The molecular formula is C75H103N4NaO11. The van der Waals surface area contributed by atoms with Crippen LogP contribution >= 0.6 is 0 Å². The van der Waals surface area contributed by atoms with Crippen LogP contribution in [0.4, 0.5) is 9.59 Å². The van der Waals surface area contributed by atoms with Gasteiger partial charge in [-0.15, -0.1) is 0 Å². The number of allylic oxidation sites excluding steroid dienone is 6. The first-order chi connectivity index (χ1) is 43.0. The predicted molar refractivity (Wildman–Crippen MR) is 344 cm³/mol. The Balaban J connectivity index is 0.000000180. The van der Waals surface area contributed by atoms with Crippen molar-refractivity contribution in [2.75, 3.05) is 20.1 Å². The van der Waals surface area contributed by atoms with Crippen molar-refractivity contribution < 1.29 is 83.2 Å². The number of carboxylic acids is 1. The van der Waals surface area contributed by atoms with Gasteiger partial charge in [-0.3, -0.25) is 4.79 Å². The molecule has 2 aromatic carbocycles. The molecule has 490 valence electrons. The van der Waals surface area contributed by atoms with Gasteiger partial charge in [0.05, 0.1) is 41.2 Å². The number of carbonyl (C=O) groups excluding carboxylic acids is 4. The molecule has 2 aromatic rings. The Hall–Kier alpha value is -4.61. The number of carboxylic acid groups (broad SMARTS) is 1. The van der Waals surface area contributed by atoms with Crippen molar-refractivity contribution in [1.82, 2.24) is 15.3 Å². The van der Waals surface area contributed by atoms with E-state index in [4.69, 9.17) is 34.1 Å². The molecule has 0 radical (unpaired) electrons. The van der Waals surface area contributed by atoms with Crippen LogP contribution in [0.25, 0.3) is 0 Å². The number of fused-ring (bicyclic) bond motifs is 12. The number of amides is 2. The maximum Gasteiger partial charge on any atom is 1.00 e. The summed E-state index contributed by atoms with van der Waals surface area (Å²) in [6, 6.07) is 20.1. The molecule has 0 aromatic heterocycles. The molecule has 4 saturated heterocycles. The number of ether oxygens (including phenoxy) is 4. The number of hydroxylamine groups is 1. The summed E-state index contributed by atoms with van der Waals surface area (Å²) in [7, 11) is 1.43. The number of benzene rings is 2. The molecule has 3 N–H and O–H groups in total. The zero-order chi connectivity index (χ0) is 64.0. The second kappa shape index (κ2) is 28.4. The van der Waals surface area contributed by atoms with Gasteiger partial charge < -0.3 is 49.1 Å². The molecular weight excluding hydrogens is 1160 g/mol. The van der Waals surface area contributed by atoms with Gasteiger partial charge in [0.25, 0.3) is 0 Å². The van der Waals surface area contributed by atoms with Crippen LogP contribution in [0.3, 0.4) is 0 Å². The third-order valence-corrected chi connectivity index (χ3v) is 25.3. The van der Waals surface area contributed by atoms with Crippen LogP contribution in [0.2, 0.25) is 0 Å². The van der Waals surface area contributed by atoms with Crippen molar-refractivity contribution in [2.24, 2.45) is 87.0 Å². The van der Waals surface area contributed by atoms with Crippen LogP contribution in [0.15, 0.2) is 112 Å². The monoisotopic (exact) mass is 1260 g/mol. The summed E-state index contributed by atoms with van der Waals surface area (Å²) in [6.07, 6.45) is 25.7. The van der Waals surface area contributed by atoms with Gasteiger partial charge in [0.15, 0.2) is 5.78 Å². The fraction of sp³-hybridized carbons (Fsp3) is 0.667. The Labute approximate surface area is 563 Å². The van der Waals surface area contributed by atoms with Crippen LogP contribution < -0.4 is 40.1 Å². The maximum absolute atomic E-state index is 13.5. The molecule has 20 atom stereocenters.